The van der Waals surface area contributed by atoms with Crippen molar-refractivity contribution in [3.63, 3.8) is 0 Å². The number of fused-ring (bicyclic) bond motifs is 1. The predicted molar refractivity (Wildman–Crippen MR) is 75.1 cm³/mol. The standard InChI is InChI=1S/C13H13BrClNO/c1-4-8-7(2)16-13-10(17-3)6-5-9(14)11(13)12(8)15/h5-6H,4H2,1-3H3. The number of aromatic nitrogens is 1. The Morgan fingerprint density at radius 1 is 1.41 bits per heavy atom. The van der Waals surface area contributed by atoms with Gasteiger partial charge < -0.3 is 4.74 Å². The molecule has 0 bridgehead atoms. The highest BCUT2D eigenvalue weighted by atomic mass is 79.9. The summed E-state index contributed by atoms with van der Waals surface area (Å²) in [6.07, 6.45) is 0.872. The summed E-state index contributed by atoms with van der Waals surface area (Å²) in [7, 11) is 1.64. The van der Waals surface area contributed by atoms with E-state index in [1.807, 2.05) is 19.1 Å². The van der Waals surface area contributed by atoms with Crippen molar-refractivity contribution in [2.24, 2.45) is 0 Å². The Kier molecular flexibility index (Phi) is 3.59. The first-order valence-electron chi connectivity index (χ1n) is 5.41. The van der Waals surface area contributed by atoms with Crippen LogP contribution < -0.4 is 4.74 Å². The molecule has 0 unspecified atom stereocenters. The Bertz CT molecular complexity index is 583. The van der Waals surface area contributed by atoms with Crippen LogP contribution in [0.2, 0.25) is 5.02 Å². The van der Waals surface area contributed by atoms with E-state index in [9.17, 15) is 0 Å². The Morgan fingerprint density at radius 2 is 2.12 bits per heavy atom. The molecule has 0 spiro atoms. The molecule has 0 aliphatic rings. The van der Waals surface area contributed by atoms with Crippen LogP contribution in [0.4, 0.5) is 0 Å². The van der Waals surface area contributed by atoms with Gasteiger partial charge in [-0.2, -0.15) is 0 Å². The molecule has 0 fully saturated rings. The van der Waals surface area contributed by atoms with Crippen molar-refractivity contribution in [1.29, 1.82) is 0 Å². The summed E-state index contributed by atoms with van der Waals surface area (Å²) in [5.41, 5.74) is 2.86. The largest absolute Gasteiger partial charge is 0.494 e. The summed E-state index contributed by atoms with van der Waals surface area (Å²) < 4.78 is 6.27. The number of halogens is 2. The van der Waals surface area contributed by atoms with E-state index in [1.165, 1.54) is 0 Å². The Hall–Kier alpha value is -0.800. The molecule has 2 rings (SSSR count). The molecule has 1 aromatic heterocycles. The van der Waals surface area contributed by atoms with Crippen molar-refractivity contribution in [3.05, 3.63) is 32.9 Å². The van der Waals surface area contributed by atoms with E-state index in [1.54, 1.807) is 7.11 Å². The van der Waals surface area contributed by atoms with Crippen LogP contribution >= 0.6 is 27.5 Å². The fraction of sp³-hybridized carbons (Fsp3) is 0.308. The molecule has 0 aliphatic carbocycles. The number of rotatable bonds is 2. The van der Waals surface area contributed by atoms with Gasteiger partial charge in [0.1, 0.15) is 11.3 Å². The second kappa shape index (κ2) is 4.83. The fourth-order valence-electron chi connectivity index (χ4n) is 1.99. The van der Waals surface area contributed by atoms with Crippen molar-refractivity contribution in [2.75, 3.05) is 7.11 Å². The van der Waals surface area contributed by atoms with Crippen molar-refractivity contribution in [2.45, 2.75) is 20.3 Å². The van der Waals surface area contributed by atoms with E-state index < -0.39 is 0 Å². The zero-order valence-corrected chi connectivity index (χ0v) is 12.3. The molecule has 0 saturated carbocycles. The molecule has 90 valence electrons. The first-order valence-corrected chi connectivity index (χ1v) is 6.58. The lowest BCUT2D eigenvalue weighted by Crippen LogP contribution is -1.97. The molecule has 4 heteroatoms. The lowest BCUT2D eigenvalue weighted by atomic mass is 10.1. The zero-order chi connectivity index (χ0) is 12.6. The molecule has 0 atom stereocenters. The molecule has 0 N–H and O–H groups in total. The summed E-state index contributed by atoms with van der Waals surface area (Å²) in [4.78, 5) is 4.60. The number of aryl methyl sites for hydroxylation is 1. The van der Waals surface area contributed by atoms with Gasteiger partial charge in [0.2, 0.25) is 0 Å². The average Bonchev–Trinajstić information content (AvgIpc) is 2.29. The molecular formula is C13H13BrClNO. The van der Waals surface area contributed by atoms with E-state index in [0.29, 0.717) is 0 Å². The first kappa shape index (κ1) is 12.7. The number of methoxy groups -OCH3 is 1. The van der Waals surface area contributed by atoms with Crippen molar-refractivity contribution >= 4 is 38.4 Å². The lowest BCUT2D eigenvalue weighted by Gasteiger charge is -2.12. The van der Waals surface area contributed by atoms with Gasteiger partial charge in [0.25, 0.3) is 0 Å². The molecule has 2 aromatic rings. The SMILES string of the molecule is CCc1c(C)nc2c(OC)ccc(Br)c2c1Cl. The molecule has 0 radical (unpaired) electrons. The molecule has 0 amide bonds. The van der Waals surface area contributed by atoms with Crippen LogP contribution in [-0.2, 0) is 6.42 Å². The second-order valence-corrected chi connectivity index (χ2v) is 5.05. The van der Waals surface area contributed by atoms with Crippen LogP contribution in [0, 0.1) is 6.92 Å². The van der Waals surface area contributed by atoms with Gasteiger partial charge >= 0.3 is 0 Å². The number of benzene rings is 1. The van der Waals surface area contributed by atoms with Gasteiger partial charge in [-0.05, 0) is 31.0 Å². The minimum absolute atomic E-state index is 0.746. The van der Waals surface area contributed by atoms with Gasteiger partial charge in [-0.1, -0.05) is 34.5 Å². The number of nitrogens with zero attached hydrogens (tertiary/aromatic N) is 1. The van der Waals surface area contributed by atoms with E-state index in [2.05, 4.69) is 27.8 Å². The molecular weight excluding hydrogens is 302 g/mol. The Balaban J connectivity index is 2.94. The van der Waals surface area contributed by atoms with Gasteiger partial charge in [0.15, 0.2) is 0 Å². The number of pyridine rings is 1. The highest BCUT2D eigenvalue weighted by Crippen LogP contribution is 2.37. The maximum absolute atomic E-state index is 6.46. The predicted octanol–water partition coefficient (Wildman–Crippen LogP) is 4.53. The monoisotopic (exact) mass is 313 g/mol. The zero-order valence-electron chi connectivity index (χ0n) is 9.97. The second-order valence-electron chi connectivity index (χ2n) is 3.82. The van der Waals surface area contributed by atoms with Crippen LogP contribution in [0.25, 0.3) is 10.9 Å². The number of ether oxygens (including phenoxy) is 1. The van der Waals surface area contributed by atoms with Gasteiger partial charge in [0.05, 0.1) is 12.1 Å². The number of hydrogen-bond donors (Lipinski definition) is 0. The molecule has 0 aliphatic heterocycles. The average molecular weight is 315 g/mol. The van der Waals surface area contributed by atoms with Crippen LogP contribution in [0.1, 0.15) is 18.2 Å². The smallest absolute Gasteiger partial charge is 0.145 e. The van der Waals surface area contributed by atoms with Gasteiger partial charge in [0, 0.05) is 15.6 Å². The molecule has 17 heavy (non-hydrogen) atoms. The van der Waals surface area contributed by atoms with Crippen molar-refractivity contribution in [3.8, 4) is 5.75 Å². The van der Waals surface area contributed by atoms with E-state index in [-0.39, 0.29) is 0 Å². The van der Waals surface area contributed by atoms with Crippen LogP contribution in [0.15, 0.2) is 16.6 Å². The fourth-order valence-corrected chi connectivity index (χ4v) is 3.08. The lowest BCUT2D eigenvalue weighted by molar-refractivity contribution is 0.418. The third-order valence-electron chi connectivity index (χ3n) is 2.86. The maximum atomic E-state index is 6.46. The molecule has 0 saturated heterocycles. The molecule has 2 nitrogen and oxygen atoms in total. The summed E-state index contributed by atoms with van der Waals surface area (Å²) in [6.45, 7) is 4.06. The van der Waals surface area contributed by atoms with E-state index in [0.717, 1.165) is 43.8 Å². The van der Waals surface area contributed by atoms with E-state index >= 15 is 0 Å². The first-order chi connectivity index (χ1) is 8.10. The van der Waals surface area contributed by atoms with Gasteiger partial charge in [-0.3, -0.25) is 0 Å². The Labute approximate surface area is 114 Å². The number of hydrogen-bond acceptors (Lipinski definition) is 2. The molecule has 1 aromatic carbocycles. The summed E-state index contributed by atoms with van der Waals surface area (Å²) >= 11 is 9.97. The highest BCUT2D eigenvalue weighted by Gasteiger charge is 2.15. The minimum atomic E-state index is 0.746. The third kappa shape index (κ3) is 2.02. The topological polar surface area (TPSA) is 22.1 Å². The summed E-state index contributed by atoms with van der Waals surface area (Å²) in [5, 5.41) is 1.69. The van der Waals surface area contributed by atoms with Crippen LogP contribution in [-0.4, -0.2) is 12.1 Å². The minimum Gasteiger partial charge on any atom is -0.494 e. The normalized spacial score (nSPS) is 10.9. The maximum Gasteiger partial charge on any atom is 0.145 e. The van der Waals surface area contributed by atoms with E-state index in [4.69, 9.17) is 16.3 Å². The summed E-state index contributed by atoms with van der Waals surface area (Å²) in [6, 6.07) is 3.82. The van der Waals surface area contributed by atoms with Crippen molar-refractivity contribution in [1.82, 2.24) is 4.98 Å². The third-order valence-corrected chi connectivity index (χ3v) is 3.94. The quantitative estimate of drug-likeness (QED) is 0.812. The van der Waals surface area contributed by atoms with Gasteiger partial charge in [-0.25, -0.2) is 4.98 Å². The van der Waals surface area contributed by atoms with Crippen LogP contribution in [0.3, 0.4) is 0 Å². The summed E-state index contributed by atoms with van der Waals surface area (Å²) in [5.74, 6) is 0.746. The van der Waals surface area contributed by atoms with Crippen LogP contribution in [0.5, 0.6) is 5.75 Å². The van der Waals surface area contributed by atoms with Gasteiger partial charge in [-0.15, -0.1) is 0 Å². The van der Waals surface area contributed by atoms with Crippen molar-refractivity contribution < 1.29 is 4.74 Å². The molecule has 1 heterocycles. The highest BCUT2D eigenvalue weighted by molar-refractivity contribution is 9.10. The Morgan fingerprint density at radius 3 is 2.71 bits per heavy atom.